The minimum atomic E-state index is -1.01. The number of methoxy groups -OCH3 is 1. The zero-order valence-corrected chi connectivity index (χ0v) is 19.3. The van der Waals surface area contributed by atoms with Crippen LogP contribution in [-0.2, 0) is 17.9 Å². The molecule has 0 spiro atoms. The average Bonchev–Trinajstić information content (AvgIpc) is 3.21. The second kappa shape index (κ2) is 8.58. The summed E-state index contributed by atoms with van der Waals surface area (Å²) >= 11 is 0. The molecule has 6 nitrogen and oxygen atoms in total. The van der Waals surface area contributed by atoms with E-state index in [9.17, 15) is 9.59 Å². The van der Waals surface area contributed by atoms with Gasteiger partial charge in [0, 0.05) is 23.5 Å². The largest absolute Gasteiger partial charge is 0.497 e. The van der Waals surface area contributed by atoms with E-state index < -0.39 is 5.54 Å². The maximum Gasteiger partial charge on any atom is 0.271 e. The summed E-state index contributed by atoms with van der Waals surface area (Å²) < 4.78 is 7.39. The van der Waals surface area contributed by atoms with Gasteiger partial charge in [-0.25, -0.2) is 0 Å². The summed E-state index contributed by atoms with van der Waals surface area (Å²) in [5.41, 5.74) is 1.54. The van der Waals surface area contributed by atoms with Gasteiger partial charge in [0.15, 0.2) is 0 Å². The number of hydrogen-bond donors (Lipinski definition) is 1. The molecule has 1 saturated carbocycles. The van der Waals surface area contributed by atoms with Gasteiger partial charge in [-0.3, -0.25) is 9.59 Å². The number of hydrogen-bond acceptors (Lipinski definition) is 3. The van der Waals surface area contributed by atoms with Crippen molar-refractivity contribution in [1.82, 2.24) is 14.8 Å². The molecule has 1 N–H and O–H groups in total. The van der Waals surface area contributed by atoms with Crippen LogP contribution in [0.5, 0.6) is 5.75 Å². The van der Waals surface area contributed by atoms with Crippen LogP contribution in [0, 0.1) is 0 Å². The number of carbonyl (C=O) groups excluding carboxylic acids is 2. The first kappa shape index (κ1) is 21.6. The second-order valence-corrected chi connectivity index (χ2v) is 9.50. The number of amides is 2. The Bertz CT molecular complexity index is 1190. The van der Waals surface area contributed by atoms with Crippen LogP contribution in [0.1, 0.15) is 55.1 Å². The summed E-state index contributed by atoms with van der Waals surface area (Å²) in [6, 6.07) is 17.8. The Morgan fingerprint density at radius 2 is 1.88 bits per heavy atom. The van der Waals surface area contributed by atoms with Gasteiger partial charge in [-0.2, -0.15) is 0 Å². The van der Waals surface area contributed by atoms with Crippen LogP contribution in [-0.4, -0.2) is 40.0 Å². The van der Waals surface area contributed by atoms with Crippen LogP contribution in [0.25, 0.3) is 10.9 Å². The van der Waals surface area contributed by atoms with E-state index in [1.165, 1.54) is 6.42 Å². The third kappa shape index (κ3) is 3.88. The Morgan fingerprint density at radius 1 is 1.09 bits per heavy atom. The molecule has 2 aromatic carbocycles. The van der Waals surface area contributed by atoms with Crippen molar-refractivity contribution in [2.24, 2.45) is 0 Å². The standard InChI is InChI=1S/C27H31N3O3/c1-27(26(32)28-21-11-4-3-5-12-21)18-29-23-14-7-6-10-20(23)16-24(29)25(31)30(27)17-19-9-8-13-22(15-19)33-2/h6-10,13-16,21H,3-5,11-12,17-18H2,1-2H3,(H,28,32)/t27-/m1/s1. The lowest BCUT2D eigenvalue weighted by atomic mass is 9.91. The predicted octanol–water partition coefficient (Wildman–Crippen LogP) is 4.51. The van der Waals surface area contributed by atoms with Crippen molar-refractivity contribution in [1.29, 1.82) is 0 Å². The topological polar surface area (TPSA) is 63.6 Å². The van der Waals surface area contributed by atoms with E-state index in [-0.39, 0.29) is 17.9 Å². The molecule has 2 aliphatic rings. The molecule has 1 aliphatic heterocycles. The first-order valence-corrected chi connectivity index (χ1v) is 11.8. The van der Waals surface area contributed by atoms with Crippen LogP contribution in [0.3, 0.4) is 0 Å². The third-order valence-electron chi connectivity index (χ3n) is 7.24. The number of fused-ring (bicyclic) bond motifs is 3. The fourth-order valence-corrected chi connectivity index (χ4v) is 5.30. The number of ether oxygens (including phenoxy) is 1. The monoisotopic (exact) mass is 445 g/mol. The molecule has 0 unspecified atom stereocenters. The van der Waals surface area contributed by atoms with Gasteiger partial charge in [-0.15, -0.1) is 0 Å². The fraction of sp³-hybridized carbons (Fsp3) is 0.407. The van der Waals surface area contributed by atoms with Crippen molar-refractivity contribution < 1.29 is 14.3 Å². The van der Waals surface area contributed by atoms with E-state index in [1.54, 1.807) is 12.0 Å². The molecule has 0 bridgehead atoms. The Hall–Kier alpha value is -3.28. The lowest BCUT2D eigenvalue weighted by Gasteiger charge is -2.45. The molecule has 0 radical (unpaired) electrons. The lowest BCUT2D eigenvalue weighted by Crippen LogP contribution is -2.64. The molecule has 2 heterocycles. The zero-order valence-electron chi connectivity index (χ0n) is 19.3. The molecule has 1 aromatic heterocycles. The van der Waals surface area contributed by atoms with Crippen LogP contribution in [0.15, 0.2) is 54.6 Å². The molecule has 3 aromatic rings. The molecule has 2 amide bonds. The highest BCUT2D eigenvalue weighted by Crippen LogP contribution is 2.34. The number of aromatic nitrogens is 1. The van der Waals surface area contributed by atoms with Crippen molar-refractivity contribution in [2.75, 3.05) is 7.11 Å². The highest BCUT2D eigenvalue weighted by atomic mass is 16.5. The van der Waals surface area contributed by atoms with E-state index in [0.29, 0.717) is 18.8 Å². The number of carbonyl (C=O) groups is 2. The van der Waals surface area contributed by atoms with Gasteiger partial charge >= 0.3 is 0 Å². The Morgan fingerprint density at radius 3 is 2.67 bits per heavy atom. The van der Waals surface area contributed by atoms with Crippen molar-refractivity contribution in [3.63, 3.8) is 0 Å². The number of benzene rings is 2. The number of rotatable bonds is 5. The van der Waals surface area contributed by atoms with Gasteiger partial charge in [-0.1, -0.05) is 49.6 Å². The summed E-state index contributed by atoms with van der Waals surface area (Å²) in [4.78, 5) is 29.4. The Kier molecular flexibility index (Phi) is 5.60. The number of nitrogens with zero attached hydrogens (tertiary/aromatic N) is 2. The van der Waals surface area contributed by atoms with Crippen LogP contribution in [0.4, 0.5) is 0 Å². The van der Waals surface area contributed by atoms with Gasteiger partial charge in [0.25, 0.3) is 5.91 Å². The third-order valence-corrected chi connectivity index (χ3v) is 7.24. The maximum atomic E-state index is 13.9. The van der Waals surface area contributed by atoms with Crippen LogP contribution >= 0.6 is 0 Å². The molecular weight excluding hydrogens is 414 g/mol. The molecule has 1 aliphatic carbocycles. The van der Waals surface area contributed by atoms with Crippen molar-refractivity contribution in [2.45, 2.75) is 63.7 Å². The first-order chi connectivity index (χ1) is 16.0. The minimum Gasteiger partial charge on any atom is -0.497 e. The van der Waals surface area contributed by atoms with Gasteiger partial charge < -0.3 is 19.5 Å². The van der Waals surface area contributed by atoms with E-state index in [2.05, 4.69) is 5.32 Å². The molecule has 6 heteroatoms. The molecule has 33 heavy (non-hydrogen) atoms. The molecule has 172 valence electrons. The maximum absolute atomic E-state index is 13.9. The smallest absolute Gasteiger partial charge is 0.271 e. The van der Waals surface area contributed by atoms with E-state index in [0.717, 1.165) is 47.9 Å². The quantitative estimate of drug-likeness (QED) is 0.628. The predicted molar refractivity (Wildman–Crippen MR) is 128 cm³/mol. The average molecular weight is 446 g/mol. The fourth-order valence-electron chi connectivity index (χ4n) is 5.30. The SMILES string of the molecule is COc1cccc(CN2C(=O)c3cc4ccccc4n3C[C@]2(C)C(=O)NC2CCCCC2)c1. The lowest BCUT2D eigenvalue weighted by molar-refractivity contribution is -0.134. The number of nitrogens with one attached hydrogen (secondary N) is 1. The van der Waals surface area contributed by atoms with Crippen LogP contribution < -0.4 is 10.1 Å². The minimum absolute atomic E-state index is 0.0749. The van der Waals surface area contributed by atoms with Crippen LogP contribution in [0.2, 0.25) is 0 Å². The van der Waals surface area contributed by atoms with E-state index in [4.69, 9.17) is 4.74 Å². The van der Waals surface area contributed by atoms with Gasteiger partial charge in [0.2, 0.25) is 5.91 Å². The molecule has 0 saturated heterocycles. The molecule has 1 fully saturated rings. The summed E-state index contributed by atoms with van der Waals surface area (Å²) in [7, 11) is 1.63. The van der Waals surface area contributed by atoms with Crippen molar-refractivity contribution >= 4 is 22.7 Å². The summed E-state index contributed by atoms with van der Waals surface area (Å²) in [6.45, 7) is 2.66. The second-order valence-electron chi connectivity index (χ2n) is 9.50. The Balaban J connectivity index is 1.54. The summed E-state index contributed by atoms with van der Waals surface area (Å²) in [5, 5.41) is 4.30. The van der Waals surface area contributed by atoms with Crippen molar-refractivity contribution in [3.8, 4) is 5.75 Å². The van der Waals surface area contributed by atoms with Gasteiger partial charge in [0.1, 0.15) is 17.0 Å². The summed E-state index contributed by atoms with van der Waals surface area (Å²) in [5.74, 6) is 0.537. The van der Waals surface area contributed by atoms with E-state index in [1.807, 2.05) is 66.1 Å². The first-order valence-electron chi connectivity index (χ1n) is 11.8. The molecule has 5 rings (SSSR count). The van der Waals surface area contributed by atoms with E-state index >= 15 is 0 Å². The normalized spacial score (nSPS) is 21.2. The Labute approximate surface area is 194 Å². The highest BCUT2D eigenvalue weighted by molar-refractivity contribution is 6.03. The van der Waals surface area contributed by atoms with Gasteiger partial charge in [-0.05, 0) is 49.6 Å². The molecule has 1 atom stereocenters. The number of para-hydroxylation sites is 1. The highest BCUT2D eigenvalue weighted by Gasteiger charge is 2.48. The molecular formula is C27H31N3O3. The summed E-state index contributed by atoms with van der Waals surface area (Å²) in [6.07, 6.45) is 5.51. The zero-order chi connectivity index (χ0) is 23.0. The van der Waals surface area contributed by atoms with Gasteiger partial charge in [0.05, 0.1) is 13.7 Å². The van der Waals surface area contributed by atoms with Crippen molar-refractivity contribution in [3.05, 3.63) is 65.9 Å².